The number of halogens is 1. The lowest BCUT2D eigenvalue weighted by Gasteiger charge is -2.17. The van der Waals surface area contributed by atoms with Gasteiger partial charge in [-0.3, -0.25) is 10.5 Å². The number of hydrazine groups is 1. The van der Waals surface area contributed by atoms with E-state index in [2.05, 4.69) is 10.5 Å². The van der Waals surface area contributed by atoms with Gasteiger partial charge in [-0.2, -0.15) is 5.10 Å². The first-order valence-corrected chi connectivity index (χ1v) is 5.75. The minimum Gasteiger partial charge on any atom is -0.271 e. The van der Waals surface area contributed by atoms with Crippen molar-refractivity contribution in [3.8, 4) is 0 Å². The molecular weight excluding hydrogens is 231 g/mol. The van der Waals surface area contributed by atoms with E-state index in [0.717, 1.165) is 17.0 Å². The molecule has 1 unspecified atom stereocenters. The van der Waals surface area contributed by atoms with Crippen LogP contribution in [0.1, 0.15) is 28.6 Å². The van der Waals surface area contributed by atoms with Crippen molar-refractivity contribution in [2.75, 3.05) is 0 Å². The van der Waals surface area contributed by atoms with Gasteiger partial charge in [0.15, 0.2) is 0 Å². The molecule has 2 aromatic rings. The van der Waals surface area contributed by atoms with E-state index in [1.54, 1.807) is 17.7 Å². The number of hydrogen-bond acceptors (Lipinski definition) is 3. The van der Waals surface area contributed by atoms with E-state index >= 15 is 0 Å². The number of rotatable bonds is 3. The number of aryl methyl sites for hydroxylation is 3. The molecule has 1 aromatic heterocycles. The summed E-state index contributed by atoms with van der Waals surface area (Å²) < 4.78 is 15.4. The molecule has 0 radical (unpaired) electrons. The summed E-state index contributed by atoms with van der Waals surface area (Å²) >= 11 is 0. The van der Waals surface area contributed by atoms with Gasteiger partial charge in [0.05, 0.1) is 17.4 Å². The van der Waals surface area contributed by atoms with Crippen molar-refractivity contribution >= 4 is 0 Å². The normalized spacial score (nSPS) is 12.7. The third-order valence-corrected chi connectivity index (χ3v) is 3.03. The second-order valence-corrected chi connectivity index (χ2v) is 4.44. The largest absolute Gasteiger partial charge is 0.271 e. The first-order chi connectivity index (χ1) is 8.52. The van der Waals surface area contributed by atoms with Crippen LogP contribution in [0.3, 0.4) is 0 Å². The highest BCUT2D eigenvalue weighted by molar-refractivity contribution is 5.31. The van der Waals surface area contributed by atoms with Gasteiger partial charge in [-0.1, -0.05) is 12.1 Å². The van der Waals surface area contributed by atoms with E-state index in [1.807, 2.05) is 26.1 Å². The summed E-state index contributed by atoms with van der Waals surface area (Å²) in [6.45, 7) is 3.64. The Morgan fingerprint density at radius 3 is 2.56 bits per heavy atom. The van der Waals surface area contributed by atoms with Gasteiger partial charge in [-0.05, 0) is 37.1 Å². The van der Waals surface area contributed by atoms with Crippen molar-refractivity contribution in [3.63, 3.8) is 0 Å². The summed E-state index contributed by atoms with van der Waals surface area (Å²) in [5.74, 6) is 5.36. The quantitative estimate of drug-likeness (QED) is 0.642. The third-order valence-electron chi connectivity index (χ3n) is 3.03. The lowest BCUT2D eigenvalue weighted by molar-refractivity contribution is 0.564. The predicted molar refractivity (Wildman–Crippen MR) is 68.2 cm³/mol. The molecule has 0 aliphatic heterocycles. The fourth-order valence-electron chi connectivity index (χ4n) is 2.04. The Hall–Kier alpha value is -1.72. The van der Waals surface area contributed by atoms with E-state index in [4.69, 9.17) is 5.84 Å². The number of benzene rings is 1. The van der Waals surface area contributed by atoms with Crippen LogP contribution in [0, 0.1) is 19.7 Å². The molecule has 0 spiro atoms. The van der Waals surface area contributed by atoms with Crippen molar-refractivity contribution in [1.29, 1.82) is 0 Å². The number of nitrogens with zero attached hydrogens (tertiary/aromatic N) is 2. The molecule has 0 saturated heterocycles. The zero-order chi connectivity index (χ0) is 13.3. The van der Waals surface area contributed by atoms with Crippen molar-refractivity contribution in [2.45, 2.75) is 19.9 Å². The van der Waals surface area contributed by atoms with E-state index in [9.17, 15) is 4.39 Å². The summed E-state index contributed by atoms with van der Waals surface area (Å²) in [5, 5.41) is 4.27. The van der Waals surface area contributed by atoms with Crippen LogP contribution in [0.15, 0.2) is 24.3 Å². The molecular formula is C13H17FN4. The minimum absolute atomic E-state index is 0.230. The topological polar surface area (TPSA) is 55.9 Å². The number of nitrogens with one attached hydrogen (secondary N) is 1. The van der Waals surface area contributed by atoms with Gasteiger partial charge in [-0.25, -0.2) is 9.82 Å². The van der Waals surface area contributed by atoms with Crippen LogP contribution in [0.5, 0.6) is 0 Å². The first-order valence-electron chi connectivity index (χ1n) is 5.75. The van der Waals surface area contributed by atoms with Crippen molar-refractivity contribution in [3.05, 3.63) is 52.6 Å². The van der Waals surface area contributed by atoms with Crippen LogP contribution in [0.4, 0.5) is 4.39 Å². The summed E-state index contributed by atoms with van der Waals surface area (Å²) in [5.41, 5.74) is 5.91. The highest BCUT2D eigenvalue weighted by atomic mass is 19.1. The molecule has 0 aliphatic carbocycles. The fraction of sp³-hybridized carbons (Fsp3) is 0.308. The van der Waals surface area contributed by atoms with Crippen LogP contribution in [0.2, 0.25) is 0 Å². The Balaban J connectivity index is 2.45. The summed E-state index contributed by atoms with van der Waals surface area (Å²) in [6, 6.07) is 6.78. The molecule has 18 heavy (non-hydrogen) atoms. The highest BCUT2D eigenvalue weighted by Gasteiger charge is 2.17. The average molecular weight is 248 g/mol. The molecule has 1 atom stereocenters. The van der Waals surface area contributed by atoms with Gasteiger partial charge >= 0.3 is 0 Å². The molecule has 1 aromatic carbocycles. The smallest absolute Gasteiger partial charge is 0.126 e. The first kappa shape index (κ1) is 12.7. The van der Waals surface area contributed by atoms with Gasteiger partial charge in [0.25, 0.3) is 0 Å². The lowest BCUT2D eigenvalue weighted by atomic mass is 10.0. The Labute approximate surface area is 106 Å². The van der Waals surface area contributed by atoms with E-state index in [1.165, 1.54) is 6.07 Å². The molecule has 96 valence electrons. The molecule has 1 heterocycles. The second kappa shape index (κ2) is 4.88. The summed E-state index contributed by atoms with van der Waals surface area (Å²) in [6.07, 6.45) is 0. The SMILES string of the molecule is Cc1cc(C(NN)c2ccc(C)c(F)c2)n(C)n1. The number of nitrogens with two attached hydrogens (primary N) is 1. The molecule has 0 amide bonds. The Morgan fingerprint density at radius 1 is 1.33 bits per heavy atom. The number of hydrogen-bond donors (Lipinski definition) is 2. The zero-order valence-electron chi connectivity index (χ0n) is 10.7. The maximum absolute atomic E-state index is 13.6. The Bertz CT molecular complexity index is 562. The monoisotopic (exact) mass is 248 g/mol. The molecule has 0 fully saturated rings. The van der Waals surface area contributed by atoms with Crippen LogP contribution >= 0.6 is 0 Å². The maximum Gasteiger partial charge on any atom is 0.126 e. The van der Waals surface area contributed by atoms with Crippen molar-refractivity contribution < 1.29 is 4.39 Å². The summed E-state index contributed by atoms with van der Waals surface area (Å²) in [7, 11) is 1.84. The molecule has 0 aliphatic rings. The third kappa shape index (κ3) is 2.27. The molecule has 0 bridgehead atoms. The maximum atomic E-state index is 13.6. The number of aromatic nitrogens is 2. The lowest BCUT2D eigenvalue weighted by Crippen LogP contribution is -2.30. The predicted octanol–water partition coefficient (Wildman–Crippen LogP) is 1.73. The second-order valence-electron chi connectivity index (χ2n) is 4.44. The molecule has 4 nitrogen and oxygen atoms in total. The van der Waals surface area contributed by atoms with Gasteiger partial charge in [0.2, 0.25) is 0 Å². The molecule has 3 N–H and O–H groups in total. The van der Waals surface area contributed by atoms with Crippen molar-refractivity contribution in [1.82, 2.24) is 15.2 Å². The van der Waals surface area contributed by atoms with Gasteiger partial charge < -0.3 is 0 Å². The van der Waals surface area contributed by atoms with Gasteiger partial charge in [-0.15, -0.1) is 0 Å². The van der Waals surface area contributed by atoms with Crippen molar-refractivity contribution in [2.24, 2.45) is 12.9 Å². The van der Waals surface area contributed by atoms with Gasteiger partial charge in [0, 0.05) is 7.05 Å². The van der Waals surface area contributed by atoms with Crippen LogP contribution in [0.25, 0.3) is 0 Å². The fourth-order valence-corrected chi connectivity index (χ4v) is 2.04. The van der Waals surface area contributed by atoms with Crippen LogP contribution in [-0.4, -0.2) is 9.78 Å². The average Bonchev–Trinajstić information content (AvgIpc) is 2.64. The Kier molecular flexibility index (Phi) is 3.45. The zero-order valence-corrected chi connectivity index (χ0v) is 10.7. The standard InChI is InChI=1S/C13H17FN4/c1-8-4-5-10(7-11(8)14)13(16-15)12-6-9(2)17-18(12)3/h4-7,13,16H,15H2,1-3H3. The van der Waals surface area contributed by atoms with E-state index in [0.29, 0.717) is 5.56 Å². The van der Waals surface area contributed by atoms with E-state index in [-0.39, 0.29) is 11.9 Å². The minimum atomic E-state index is -0.272. The van der Waals surface area contributed by atoms with Crippen LogP contribution < -0.4 is 11.3 Å². The van der Waals surface area contributed by atoms with E-state index < -0.39 is 0 Å². The molecule has 5 heteroatoms. The molecule has 2 rings (SSSR count). The highest BCUT2D eigenvalue weighted by Crippen LogP contribution is 2.23. The molecule has 0 saturated carbocycles. The van der Waals surface area contributed by atoms with Crippen LogP contribution in [-0.2, 0) is 7.05 Å². The van der Waals surface area contributed by atoms with Gasteiger partial charge in [0.1, 0.15) is 5.82 Å². The Morgan fingerprint density at radius 2 is 2.06 bits per heavy atom. The summed E-state index contributed by atoms with van der Waals surface area (Å²) in [4.78, 5) is 0.